The molecule has 0 radical (unpaired) electrons. The maximum Gasteiger partial charge on any atom is 0.251 e. The van der Waals surface area contributed by atoms with Crippen molar-refractivity contribution < 1.29 is 4.79 Å². The Balaban J connectivity index is 1.33. The number of aryl methyl sites for hydroxylation is 2. The van der Waals surface area contributed by atoms with Crippen LogP contribution in [-0.4, -0.2) is 54.1 Å². The average molecular weight is 475 g/mol. The first-order chi connectivity index (χ1) is 16.9. The van der Waals surface area contributed by atoms with E-state index in [1.54, 1.807) is 21.8 Å². The van der Waals surface area contributed by atoms with E-state index in [0.717, 1.165) is 41.8 Å². The van der Waals surface area contributed by atoms with E-state index in [0.29, 0.717) is 17.1 Å². The molecule has 1 saturated heterocycles. The summed E-state index contributed by atoms with van der Waals surface area (Å²) < 4.78 is 3.47. The summed E-state index contributed by atoms with van der Waals surface area (Å²) in [7, 11) is 3.73. The van der Waals surface area contributed by atoms with E-state index >= 15 is 0 Å². The van der Waals surface area contributed by atoms with Gasteiger partial charge in [-0.15, -0.1) is 0 Å². The van der Waals surface area contributed by atoms with Gasteiger partial charge in [-0.1, -0.05) is 0 Å². The third kappa shape index (κ3) is 4.67. The Bertz CT molecular complexity index is 1360. The van der Waals surface area contributed by atoms with E-state index in [2.05, 4.69) is 37.6 Å². The van der Waals surface area contributed by atoms with Crippen LogP contribution in [0.4, 0.5) is 17.3 Å². The molecule has 11 heteroatoms. The molecular weight excluding hydrogens is 444 g/mol. The second-order valence-corrected chi connectivity index (χ2v) is 8.99. The van der Waals surface area contributed by atoms with Crippen molar-refractivity contribution in [1.82, 2.24) is 34.8 Å². The summed E-state index contributed by atoms with van der Waals surface area (Å²) in [5, 5.41) is 16.0. The zero-order valence-corrected chi connectivity index (χ0v) is 20.1. The van der Waals surface area contributed by atoms with Gasteiger partial charge in [0, 0.05) is 62.6 Å². The third-order valence-electron chi connectivity index (χ3n) is 6.48. The third-order valence-corrected chi connectivity index (χ3v) is 6.48. The van der Waals surface area contributed by atoms with Gasteiger partial charge in [0.1, 0.15) is 5.82 Å². The smallest absolute Gasteiger partial charge is 0.251 e. The lowest BCUT2D eigenvalue weighted by Gasteiger charge is -2.40. The van der Waals surface area contributed by atoms with Crippen LogP contribution in [-0.2, 0) is 20.6 Å². The summed E-state index contributed by atoms with van der Waals surface area (Å²) in [6, 6.07) is 5.61. The highest BCUT2D eigenvalue weighted by atomic mass is 16.1. The molecule has 1 amide bonds. The molecule has 1 aromatic carbocycles. The van der Waals surface area contributed by atoms with Crippen LogP contribution in [0.1, 0.15) is 35.8 Å². The van der Waals surface area contributed by atoms with Crippen LogP contribution >= 0.6 is 0 Å². The van der Waals surface area contributed by atoms with Gasteiger partial charge in [-0.3, -0.25) is 19.1 Å². The number of benzene rings is 1. The quantitative estimate of drug-likeness (QED) is 0.387. The zero-order chi connectivity index (χ0) is 24.5. The van der Waals surface area contributed by atoms with Gasteiger partial charge in [0.15, 0.2) is 5.82 Å². The minimum Gasteiger partial charge on any atom is -0.351 e. The van der Waals surface area contributed by atoms with Crippen LogP contribution in [0.25, 0.3) is 10.9 Å². The van der Waals surface area contributed by atoms with E-state index in [9.17, 15) is 4.79 Å². The lowest BCUT2D eigenvalue weighted by Crippen LogP contribution is -2.54. The topological polar surface area (TPSA) is 132 Å². The summed E-state index contributed by atoms with van der Waals surface area (Å²) in [5.41, 5.74) is 8.90. The maximum atomic E-state index is 13.1. The molecular formula is C24H30N10O. The van der Waals surface area contributed by atoms with Crippen molar-refractivity contribution in [3.05, 3.63) is 54.2 Å². The molecule has 5 rings (SSSR count). The fourth-order valence-electron chi connectivity index (χ4n) is 4.62. The first-order valence-corrected chi connectivity index (χ1v) is 11.7. The second kappa shape index (κ2) is 9.34. The van der Waals surface area contributed by atoms with Crippen molar-refractivity contribution >= 4 is 34.1 Å². The van der Waals surface area contributed by atoms with Gasteiger partial charge >= 0.3 is 0 Å². The number of nitrogens with two attached hydrogens (primary N) is 1. The van der Waals surface area contributed by atoms with E-state index in [1.165, 1.54) is 0 Å². The molecule has 1 aliphatic rings. The molecule has 4 aromatic rings. The summed E-state index contributed by atoms with van der Waals surface area (Å²) in [6.07, 6.45) is 9.10. The number of carbonyl (C=O) groups is 1. The molecule has 1 fully saturated rings. The first kappa shape index (κ1) is 22.8. The molecule has 0 unspecified atom stereocenters. The number of hydrogen-bond acceptors (Lipinski definition) is 8. The summed E-state index contributed by atoms with van der Waals surface area (Å²) >= 11 is 0. The van der Waals surface area contributed by atoms with E-state index < -0.39 is 0 Å². The summed E-state index contributed by atoms with van der Waals surface area (Å²) in [6.45, 7) is 3.21. The molecule has 182 valence electrons. The Hall–Kier alpha value is -3.99. The molecule has 4 N–H and O–H groups in total. The fourth-order valence-corrected chi connectivity index (χ4v) is 4.62. The Kier molecular flexibility index (Phi) is 6.08. The highest BCUT2D eigenvalue weighted by molar-refractivity contribution is 5.98. The van der Waals surface area contributed by atoms with Gasteiger partial charge in [0.25, 0.3) is 5.91 Å². The Labute approximate surface area is 203 Å². The van der Waals surface area contributed by atoms with Crippen molar-refractivity contribution in [3.8, 4) is 0 Å². The number of rotatable bonds is 6. The van der Waals surface area contributed by atoms with Crippen molar-refractivity contribution in [3.63, 3.8) is 0 Å². The van der Waals surface area contributed by atoms with Gasteiger partial charge in [-0.2, -0.15) is 10.2 Å². The first-order valence-electron chi connectivity index (χ1n) is 11.7. The standard InChI is InChI=1S/C24H30N10O/c1-15-19(29-24(35)16-6-7-20-17(9-16)13-33(3)31-20)5-4-8-34(15)22-12-26-21(10-25)23(30-22)28-18-11-27-32(2)14-18/h6-7,9,11-15,19H,4-5,8,10,25H2,1-3H3,(H,28,30)(H,29,35)/t15-,19-/m1/s1. The minimum atomic E-state index is -0.0852. The van der Waals surface area contributed by atoms with Crippen molar-refractivity contribution in [1.29, 1.82) is 0 Å². The Morgan fingerprint density at radius 2 is 2.06 bits per heavy atom. The molecule has 0 aliphatic carbocycles. The molecule has 0 saturated carbocycles. The number of anilines is 3. The molecule has 0 spiro atoms. The predicted octanol–water partition coefficient (Wildman–Crippen LogP) is 2.09. The average Bonchev–Trinajstić information content (AvgIpc) is 3.43. The maximum absolute atomic E-state index is 13.1. The lowest BCUT2D eigenvalue weighted by atomic mass is 9.97. The lowest BCUT2D eigenvalue weighted by molar-refractivity contribution is 0.0924. The van der Waals surface area contributed by atoms with Gasteiger partial charge < -0.3 is 21.3 Å². The second-order valence-electron chi connectivity index (χ2n) is 8.99. The monoisotopic (exact) mass is 474 g/mol. The highest BCUT2D eigenvalue weighted by Crippen LogP contribution is 2.26. The van der Waals surface area contributed by atoms with Crippen LogP contribution in [0.5, 0.6) is 0 Å². The number of hydrogen-bond donors (Lipinski definition) is 3. The number of amides is 1. The Morgan fingerprint density at radius 3 is 2.83 bits per heavy atom. The van der Waals surface area contributed by atoms with Gasteiger partial charge in [0.2, 0.25) is 0 Å². The van der Waals surface area contributed by atoms with Gasteiger partial charge in [0.05, 0.1) is 29.3 Å². The van der Waals surface area contributed by atoms with Crippen molar-refractivity contribution in [2.45, 2.75) is 38.4 Å². The van der Waals surface area contributed by atoms with Crippen LogP contribution in [0.2, 0.25) is 0 Å². The molecule has 11 nitrogen and oxygen atoms in total. The van der Waals surface area contributed by atoms with E-state index in [1.807, 2.05) is 44.7 Å². The summed E-state index contributed by atoms with van der Waals surface area (Å²) in [5.74, 6) is 1.27. The Morgan fingerprint density at radius 1 is 1.20 bits per heavy atom. The number of aromatic nitrogens is 6. The number of nitrogens with zero attached hydrogens (tertiary/aromatic N) is 7. The van der Waals surface area contributed by atoms with Gasteiger partial charge in [-0.25, -0.2) is 4.98 Å². The normalized spacial score (nSPS) is 18.1. The number of fused-ring (bicyclic) bond motifs is 1. The molecule has 1 aliphatic heterocycles. The number of piperidine rings is 1. The SMILES string of the molecule is C[C@@H]1[C@H](NC(=O)c2ccc3nn(C)cc3c2)CCCN1c1cnc(CN)c(Nc2cnn(C)c2)n1. The fraction of sp³-hybridized carbons (Fsp3) is 0.375. The minimum absolute atomic E-state index is 0.0217. The predicted molar refractivity (Wildman–Crippen MR) is 134 cm³/mol. The molecule has 2 atom stereocenters. The van der Waals surface area contributed by atoms with Crippen LogP contribution in [0.3, 0.4) is 0 Å². The zero-order valence-electron chi connectivity index (χ0n) is 20.1. The van der Waals surface area contributed by atoms with Crippen molar-refractivity contribution in [2.75, 3.05) is 16.8 Å². The van der Waals surface area contributed by atoms with Crippen LogP contribution < -0.4 is 21.3 Å². The van der Waals surface area contributed by atoms with Gasteiger partial charge in [-0.05, 0) is 38.0 Å². The molecule has 35 heavy (non-hydrogen) atoms. The van der Waals surface area contributed by atoms with Crippen LogP contribution in [0, 0.1) is 0 Å². The molecule has 0 bridgehead atoms. The van der Waals surface area contributed by atoms with Crippen LogP contribution in [0.15, 0.2) is 43.0 Å². The number of carbonyl (C=O) groups excluding carboxylic acids is 1. The molecule has 3 aromatic heterocycles. The van der Waals surface area contributed by atoms with E-state index in [-0.39, 0.29) is 24.5 Å². The molecule has 4 heterocycles. The largest absolute Gasteiger partial charge is 0.351 e. The van der Waals surface area contributed by atoms with E-state index in [4.69, 9.17) is 10.7 Å². The highest BCUT2D eigenvalue weighted by Gasteiger charge is 2.31. The number of nitrogens with one attached hydrogen (secondary N) is 2. The summed E-state index contributed by atoms with van der Waals surface area (Å²) in [4.78, 5) is 24.7. The van der Waals surface area contributed by atoms with Crippen molar-refractivity contribution in [2.24, 2.45) is 19.8 Å².